The minimum atomic E-state index is -0.0705. The minimum absolute atomic E-state index is 0.0705. The van der Waals surface area contributed by atoms with Gasteiger partial charge in [-0.3, -0.25) is 4.79 Å². The van der Waals surface area contributed by atoms with Gasteiger partial charge in [0.15, 0.2) is 11.5 Å². The van der Waals surface area contributed by atoms with Crippen molar-refractivity contribution in [1.29, 1.82) is 0 Å². The number of nitrogens with zero attached hydrogens (tertiary/aromatic N) is 3. The first-order valence-corrected chi connectivity index (χ1v) is 9.07. The molecule has 0 N–H and O–H groups in total. The van der Waals surface area contributed by atoms with E-state index in [1.165, 1.54) is 7.11 Å². The molecule has 1 aliphatic heterocycles. The molecule has 3 heterocycles. The van der Waals surface area contributed by atoms with Gasteiger partial charge in [0, 0.05) is 19.0 Å². The summed E-state index contributed by atoms with van der Waals surface area (Å²) in [7, 11) is 3.09. The van der Waals surface area contributed by atoms with Crippen LogP contribution in [-0.4, -0.2) is 48.3 Å². The van der Waals surface area contributed by atoms with Crippen LogP contribution in [0.15, 0.2) is 45.6 Å². The molecule has 1 amide bonds. The van der Waals surface area contributed by atoms with Crippen molar-refractivity contribution >= 4 is 5.91 Å². The summed E-state index contributed by atoms with van der Waals surface area (Å²) in [4.78, 5) is 14.8. The lowest BCUT2D eigenvalue weighted by molar-refractivity contribution is 0.0702. The van der Waals surface area contributed by atoms with Crippen molar-refractivity contribution in [3.8, 4) is 23.0 Å². The predicted octanol–water partition coefficient (Wildman–Crippen LogP) is 3.37. The van der Waals surface area contributed by atoms with Crippen LogP contribution < -0.4 is 9.47 Å². The number of likely N-dealkylation sites (tertiary alicyclic amines) is 1. The van der Waals surface area contributed by atoms with Crippen LogP contribution >= 0.6 is 0 Å². The summed E-state index contributed by atoms with van der Waals surface area (Å²) in [6.45, 7) is 1.21. The maximum absolute atomic E-state index is 13.0. The van der Waals surface area contributed by atoms with Crippen molar-refractivity contribution in [2.75, 3.05) is 27.3 Å². The average Bonchev–Trinajstić information content (AvgIpc) is 3.44. The number of hydrogen-bond donors (Lipinski definition) is 0. The number of furan rings is 1. The number of methoxy groups -OCH3 is 2. The lowest BCUT2D eigenvalue weighted by atomic mass is 9.96. The van der Waals surface area contributed by atoms with Gasteiger partial charge in [0.25, 0.3) is 11.8 Å². The number of rotatable bonds is 5. The molecule has 1 aliphatic rings. The number of hydrogen-bond acceptors (Lipinski definition) is 7. The highest BCUT2D eigenvalue weighted by Crippen LogP contribution is 2.34. The largest absolute Gasteiger partial charge is 0.493 e. The van der Waals surface area contributed by atoms with E-state index in [-0.39, 0.29) is 11.8 Å². The van der Waals surface area contributed by atoms with E-state index in [1.807, 2.05) is 4.90 Å². The van der Waals surface area contributed by atoms with Crippen molar-refractivity contribution in [3.05, 3.63) is 48.2 Å². The summed E-state index contributed by atoms with van der Waals surface area (Å²) in [6.07, 6.45) is 4.65. The SMILES string of the molecule is COc1cccc(C(=O)N2CCC(c3nnc(-c4ccoc4)o3)CC2)c1OC. The third-order valence-corrected chi connectivity index (χ3v) is 4.97. The Morgan fingerprint density at radius 3 is 2.64 bits per heavy atom. The van der Waals surface area contributed by atoms with E-state index < -0.39 is 0 Å². The molecular weight excluding hydrogens is 362 g/mol. The quantitative estimate of drug-likeness (QED) is 0.667. The fourth-order valence-corrected chi connectivity index (χ4v) is 3.46. The van der Waals surface area contributed by atoms with Gasteiger partial charge in [0.05, 0.1) is 31.6 Å². The third-order valence-electron chi connectivity index (χ3n) is 4.97. The van der Waals surface area contributed by atoms with E-state index in [0.29, 0.717) is 41.9 Å². The molecule has 0 unspecified atom stereocenters. The molecule has 3 aromatic rings. The summed E-state index contributed by atoms with van der Waals surface area (Å²) in [5.74, 6) is 2.11. The lowest BCUT2D eigenvalue weighted by Crippen LogP contribution is -2.38. The number of benzene rings is 1. The summed E-state index contributed by atoms with van der Waals surface area (Å²) in [5.41, 5.74) is 1.26. The number of carbonyl (C=O) groups is 1. The van der Waals surface area contributed by atoms with Crippen LogP contribution in [0.1, 0.15) is 35.0 Å². The van der Waals surface area contributed by atoms with E-state index in [0.717, 1.165) is 18.4 Å². The van der Waals surface area contributed by atoms with Crippen molar-refractivity contribution in [1.82, 2.24) is 15.1 Å². The number of ether oxygens (including phenoxy) is 2. The van der Waals surface area contributed by atoms with Gasteiger partial charge in [0.2, 0.25) is 5.89 Å². The zero-order valence-corrected chi connectivity index (χ0v) is 15.8. The first kappa shape index (κ1) is 18.1. The average molecular weight is 383 g/mol. The second-order valence-corrected chi connectivity index (χ2v) is 6.57. The molecule has 0 saturated carbocycles. The zero-order valence-electron chi connectivity index (χ0n) is 15.8. The number of aromatic nitrogens is 2. The molecule has 28 heavy (non-hydrogen) atoms. The highest BCUT2D eigenvalue weighted by Gasteiger charge is 2.29. The highest BCUT2D eigenvalue weighted by atomic mass is 16.5. The Hall–Kier alpha value is -3.29. The second-order valence-electron chi connectivity index (χ2n) is 6.57. The van der Waals surface area contributed by atoms with Crippen LogP contribution in [-0.2, 0) is 0 Å². The fourth-order valence-electron chi connectivity index (χ4n) is 3.46. The predicted molar refractivity (Wildman–Crippen MR) is 99.4 cm³/mol. The van der Waals surface area contributed by atoms with Crippen LogP contribution in [0.5, 0.6) is 11.5 Å². The second kappa shape index (κ2) is 7.75. The number of piperidine rings is 1. The molecule has 8 heteroatoms. The highest BCUT2D eigenvalue weighted by molar-refractivity contribution is 5.97. The van der Waals surface area contributed by atoms with Crippen molar-refractivity contribution in [2.45, 2.75) is 18.8 Å². The molecule has 0 spiro atoms. The Morgan fingerprint density at radius 2 is 1.96 bits per heavy atom. The molecule has 0 bridgehead atoms. The Bertz CT molecular complexity index is 943. The molecule has 8 nitrogen and oxygen atoms in total. The van der Waals surface area contributed by atoms with Crippen LogP contribution in [0.25, 0.3) is 11.5 Å². The molecule has 4 rings (SSSR count). The van der Waals surface area contributed by atoms with Gasteiger partial charge in [-0.05, 0) is 31.0 Å². The summed E-state index contributed by atoms with van der Waals surface area (Å²) >= 11 is 0. The molecule has 146 valence electrons. The van der Waals surface area contributed by atoms with Gasteiger partial charge in [-0.15, -0.1) is 10.2 Å². The molecular formula is C20H21N3O5. The monoisotopic (exact) mass is 383 g/mol. The minimum Gasteiger partial charge on any atom is -0.493 e. The van der Waals surface area contributed by atoms with Gasteiger partial charge in [-0.1, -0.05) is 6.07 Å². The summed E-state index contributed by atoms with van der Waals surface area (Å²) in [6, 6.07) is 7.09. The van der Waals surface area contributed by atoms with Gasteiger partial charge in [-0.25, -0.2) is 0 Å². The van der Waals surface area contributed by atoms with Gasteiger partial charge in [-0.2, -0.15) is 0 Å². The smallest absolute Gasteiger partial charge is 0.257 e. The molecule has 1 fully saturated rings. The molecule has 1 aromatic carbocycles. The van der Waals surface area contributed by atoms with Gasteiger partial charge < -0.3 is 23.2 Å². The number of amides is 1. The Labute approximate surface area is 162 Å². The molecule has 0 atom stereocenters. The molecule has 0 radical (unpaired) electrons. The first-order valence-electron chi connectivity index (χ1n) is 9.07. The normalized spacial score (nSPS) is 14.9. The van der Waals surface area contributed by atoms with Crippen molar-refractivity contribution in [2.24, 2.45) is 0 Å². The van der Waals surface area contributed by atoms with Crippen LogP contribution in [0.4, 0.5) is 0 Å². The van der Waals surface area contributed by atoms with E-state index >= 15 is 0 Å². The maximum atomic E-state index is 13.0. The van der Waals surface area contributed by atoms with Crippen molar-refractivity contribution < 1.29 is 23.1 Å². The third kappa shape index (κ3) is 3.33. The Morgan fingerprint density at radius 1 is 1.14 bits per heavy atom. The van der Waals surface area contributed by atoms with Crippen LogP contribution in [0.3, 0.4) is 0 Å². The molecule has 2 aromatic heterocycles. The zero-order chi connectivity index (χ0) is 19.5. The van der Waals surface area contributed by atoms with Crippen LogP contribution in [0, 0.1) is 0 Å². The maximum Gasteiger partial charge on any atom is 0.257 e. The van der Waals surface area contributed by atoms with Gasteiger partial charge >= 0.3 is 0 Å². The van der Waals surface area contributed by atoms with E-state index in [4.69, 9.17) is 18.3 Å². The number of para-hydroxylation sites is 1. The van der Waals surface area contributed by atoms with E-state index in [1.54, 1.807) is 43.9 Å². The number of carbonyl (C=O) groups excluding carboxylic acids is 1. The van der Waals surface area contributed by atoms with E-state index in [9.17, 15) is 4.79 Å². The van der Waals surface area contributed by atoms with Crippen molar-refractivity contribution in [3.63, 3.8) is 0 Å². The fraction of sp³-hybridized carbons (Fsp3) is 0.350. The molecule has 0 aliphatic carbocycles. The topological polar surface area (TPSA) is 90.8 Å². The van der Waals surface area contributed by atoms with E-state index in [2.05, 4.69) is 10.2 Å². The lowest BCUT2D eigenvalue weighted by Gasteiger charge is -2.31. The van der Waals surface area contributed by atoms with Crippen LogP contribution in [0.2, 0.25) is 0 Å². The Kier molecular flexibility index (Phi) is 5.01. The molecule has 1 saturated heterocycles. The summed E-state index contributed by atoms with van der Waals surface area (Å²) < 4.78 is 21.5. The van der Waals surface area contributed by atoms with Gasteiger partial charge in [0.1, 0.15) is 6.26 Å². The summed E-state index contributed by atoms with van der Waals surface area (Å²) in [5, 5.41) is 8.27. The first-order chi connectivity index (χ1) is 13.7. The standard InChI is InChI=1S/C20H21N3O5/c1-25-16-5-3-4-15(17(16)26-2)20(24)23-9-6-13(7-10-23)18-21-22-19(28-18)14-8-11-27-12-14/h3-5,8,11-13H,6-7,9-10H2,1-2H3. The Balaban J connectivity index is 1.44.